The average Bonchev–Trinajstić information content (AvgIpc) is 2.30. The molecule has 2 aromatic rings. The highest BCUT2D eigenvalue weighted by molar-refractivity contribution is 6.35. The van der Waals surface area contributed by atoms with Crippen LogP contribution in [0.25, 0.3) is 0 Å². The molecule has 0 saturated carbocycles. The first-order valence-corrected chi connectivity index (χ1v) is 6.26. The molecule has 0 bridgehead atoms. The molecule has 3 nitrogen and oxygen atoms in total. The molecule has 1 N–H and O–H groups in total. The van der Waals surface area contributed by atoms with Crippen LogP contribution >= 0.6 is 34.8 Å². The van der Waals surface area contributed by atoms with Crippen LogP contribution in [0.15, 0.2) is 36.4 Å². The topological polar surface area (TPSA) is 46.5 Å². The molecule has 0 fully saturated rings. The maximum Gasteiger partial charge on any atom is 0.335 e. The summed E-state index contributed by atoms with van der Waals surface area (Å²) in [5.41, 5.74) is 0.0847. The number of benzene rings is 2. The predicted octanol–water partition coefficient (Wildman–Crippen LogP) is 5.14. The van der Waals surface area contributed by atoms with Gasteiger partial charge in [0.1, 0.15) is 11.5 Å². The molecule has 98 valence electrons. The molecule has 0 spiro atoms. The van der Waals surface area contributed by atoms with Crippen LogP contribution < -0.4 is 4.74 Å². The molecular weight excluding hydrogens is 310 g/mol. The molecule has 19 heavy (non-hydrogen) atoms. The molecule has 0 unspecified atom stereocenters. The number of rotatable bonds is 3. The van der Waals surface area contributed by atoms with Crippen LogP contribution in [0.2, 0.25) is 15.1 Å². The predicted molar refractivity (Wildman–Crippen MR) is 74.9 cm³/mol. The number of aromatic carboxylic acids is 1. The number of halogens is 3. The SMILES string of the molecule is O=C(O)c1ccc(Oc2cc(Cl)cc(Cl)c2)c(Cl)c1. The first kappa shape index (κ1) is 14.0. The molecule has 2 rings (SSSR count). The first-order chi connectivity index (χ1) is 8.95. The van der Waals surface area contributed by atoms with Crippen molar-refractivity contribution < 1.29 is 14.6 Å². The molecule has 0 aliphatic heterocycles. The molecule has 0 aromatic heterocycles. The van der Waals surface area contributed by atoms with Gasteiger partial charge >= 0.3 is 5.97 Å². The van der Waals surface area contributed by atoms with E-state index in [0.717, 1.165) is 0 Å². The molecule has 0 amide bonds. The van der Waals surface area contributed by atoms with E-state index in [1.54, 1.807) is 18.2 Å². The van der Waals surface area contributed by atoms with E-state index in [1.807, 2.05) is 0 Å². The van der Waals surface area contributed by atoms with Crippen LogP contribution in [-0.2, 0) is 0 Å². The van der Waals surface area contributed by atoms with Gasteiger partial charge in [0.25, 0.3) is 0 Å². The number of ether oxygens (including phenoxy) is 1. The zero-order chi connectivity index (χ0) is 14.0. The minimum atomic E-state index is -1.06. The summed E-state index contributed by atoms with van der Waals surface area (Å²) in [6, 6.07) is 8.91. The normalized spacial score (nSPS) is 10.3. The van der Waals surface area contributed by atoms with Crippen molar-refractivity contribution in [3.63, 3.8) is 0 Å². The Kier molecular flexibility index (Phi) is 4.20. The lowest BCUT2D eigenvalue weighted by molar-refractivity contribution is 0.0697. The summed E-state index contributed by atoms with van der Waals surface area (Å²) >= 11 is 17.6. The molecule has 0 saturated heterocycles. The summed E-state index contributed by atoms with van der Waals surface area (Å²) in [4.78, 5) is 10.8. The Labute approximate surface area is 124 Å². The van der Waals surface area contributed by atoms with Gasteiger partial charge in [0.15, 0.2) is 0 Å². The number of carboxylic acids is 1. The fourth-order valence-electron chi connectivity index (χ4n) is 1.43. The average molecular weight is 318 g/mol. The summed E-state index contributed by atoms with van der Waals surface area (Å²) in [5.74, 6) is -0.313. The van der Waals surface area contributed by atoms with E-state index in [4.69, 9.17) is 44.6 Å². The Morgan fingerprint density at radius 1 is 1.00 bits per heavy atom. The summed E-state index contributed by atoms with van der Waals surface area (Å²) < 4.78 is 5.51. The van der Waals surface area contributed by atoms with Gasteiger partial charge in [-0.2, -0.15) is 0 Å². The van der Waals surface area contributed by atoms with Crippen molar-refractivity contribution in [3.8, 4) is 11.5 Å². The van der Waals surface area contributed by atoms with E-state index < -0.39 is 5.97 Å². The van der Waals surface area contributed by atoms with Crippen LogP contribution in [0.4, 0.5) is 0 Å². The third-order valence-corrected chi connectivity index (χ3v) is 2.97. The van der Waals surface area contributed by atoms with Crippen LogP contribution in [0.5, 0.6) is 11.5 Å². The Hall–Kier alpha value is -1.42. The second-order valence-corrected chi connectivity index (χ2v) is 4.94. The van der Waals surface area contributed by atoms with E-state index in [2.05, 4.69) is 0 Å². The Bertz CT molecular complexity index is 621. The molecule has 0 atom stereocenters. The lowest BCUT2D eigenvalue weighted by Gasteiger charge is -2.09. The van der Waals surface area contributed by atoms with Gasteiger partial charge in [-0.3, -0.25) is 0 Å². The van der Waals surface area contributed by atoms with Gasteiger partial charge < -0.3 is 9.84 Å². The van der Waals surface area contributed by atoms with E-state index >= 15 is 0 Å². The quantitative estimate of drug-likeness (QED) is 0.853. The van der Waals surface area contributed by atoms with Crippen molar-refractivity contribution >= 4 is 40.8 Å². The lowest BCUT2D eigenvalue weighted by Crippen LogP contribution is -1.96. The highest BCUT2D eigenvalue weighted by Crippen LogP contribution is 2.32. The summed E-state index contributed by atoms with van der Waals surface area (Å²) in [5, 5.41) is 9.88. The largest absolute Gasteiger partial charge is 0.478 e. The smallest absolute Gasteiger partial charge is 0.335 e. The molecule has 6 heteroatoms. The van der Waals surface area contributed by atoms with Crippen LogP contribution in [0, 0.1) is 0 Å². The van der Waals surface area contributed by atoms with Crippen molar-refractivity contribution in [1.82, 2.24) is 0 Å². The third-order valence-electron chi connectivity index (χ3n) is 2.24. The zero-order valence-corrected chi connectivity index (χ0v) is 11.6. The highest BCUT2D eigenvalue weighted by atomic mass is 35.5. The van der Waals surface area contributed by atoms with Crippen LogP contribution in [0.1, 0.15) is 10.4 Å². The van der Waals surface area contributed by atoms with Crippen molar-refractivity contribution in [2.75, 3.05) is 0 Å². The van der Waals surface area contributed by atoms with Crippen molar-refractivity contribution in [1.29, 1.82) is 0 Å². The molecule has 0 radical (unpaired) electrons. The molecule has 0 heterocycles. The standard InChI is InChI=1S/C13H7Cl3O3/c14-8-4-9(15)6-10(5-8)19-12-2-1-7(13(17)18)3-11(12)16/h1-6H,(H,17,18). The fourth-order valence-corrected chi connectivity index (χ4v) is 2.16. The van der Waals surface area contributed by atoms with Gasteiger partial charge in [0, 0.05) is 10.0 Å². The van der Waals surface area contributed by atoms with Gasteiger partial charge in [0.05, 0.1) is 10.6 Å². The third kappa shape index (κ3) is 3.53. The molecule has 0 aliphatic carbocycles. The Balaban J connectivity index is 2.30. The maximum atomic E-state index is 10.8. The fraction of sp³-hybridized carbons (Fsp3) is 0. The number of hydrogen-bond acceptors (Lipinski definition) is 2. The zero-order valence-electron chi connectivity index (χ0n) is 9.36. The molecular formula is C13H7Cl3O3. The van der Waals surface area contributed by atoms with Gasteiger partial charge in [-0.15, -0.1) is 0 Å². The minimum Gasteiger partial charge on any atom is -0.478 e. The second-order valence-electron chi connectivity index (χ2n) is 3.66. The van der Waals surface area contributed by atoms with E-state index in [9.17, 15) is 4.79 Å². The van der Waals surface area contributed by atoms with Crippen LogP contribution in [0.3, 0.4) is 0 Å². The highest BCUT2D eigenvalue weighted by Gasteiger charge is 2.09. The van der Waals surface area contributed by atoms with Gasteiger partial charge in [-0.25, -0.2) is 4.79 Å². The van der Waals surface area contributed by atoms with Crippen LogP contribution in [-0.4, -0.2) is 11.1 Å². The summed E-state index contributed by atoms with van der Waals surface area (Å²) in [6.45, 7) is 0. The molecule has 2 aromatic carbocycles. The summed E-state index contributed by atoms with van der Waals surface area (Å²) in [6.07, 6.45) is 0. The Morgan fingerprint density at radius 3 is 2.16 bits per heavy atom. The van der Waals surface area contributed by atoms with Gasteiger partial charge in [-0.05, 0) is 36.4 Å². The van der Waals surface area contributed by atoms with Crippen molar-refractivity contribution in [3.05, 3.63) is 57.0 Å². The van der Waals surface area contributed by atoms with Crippen molar-refractivity contribution in [2.45, 2.75) is 0 Å². The maximum absolute atomic E-state index is 10.8. The van der Waals surface area contributed by atoms with E-state index in [-0.39, 0.29) is 10.6 Å². The second kappa shape index (κ2) is 5.70. The number of carboxylic acid groups (broad SMARTS) is 1. The Morgan fingerprint density at radius 2 is 1.63 bits per heavy atom. The minimum absolute atomic E-state index is 0.0847. The molecule has 0 aliphatic rings. The van der Waals surface area contributed by atoms with E-state index in [0.29, 0.717) is 21.5 Å². The number of carbonyl (C=O) groups is 1. The van der Waals surface area contributed by atoms with Crippen molar-refractivity contribution in [2.24, 2.45) is 0 Å². The number of hydrogen-bond donors (Lipinski definition) is 1. The van der Waals surface area contributed by atoms with Gasteiger partial charge in [-0.1, -0.05) is 34.8 Å². The first-order valence-electron chi connectivity index (χ1n) is 5.12. The van der Waals surface area contributed by atoms with Gasteiger partial charge in [0.2, 0.25) is 0 Å². The summed E-state index contributed by atoms with van der Waals surface area (Å²) in [7, 11) is 0. The lowest BCUT2D eigenvalue weighted by atomic mass is 10.2. The van der Waals surface area contributed by atoms with E-state index in [1.165, 1.54) is 18.2 Å². The monoisotopic (exact) mass is 316 g/mol.